The quantitative estimate of drug-likeness (QED) is 0.935. The highest BCUT2D eigenvalue weighted by Gasteiger charge is 2.06. The molecule has 0 saturated carbocycles. The summed E-state index contributed by atoms with van der Waals surface area (Å²) in [4.78, 5) is 4.41. The van der Waals surface area contributed by atoms with Gasteiger partial charge in [0.15, 0.2) is 0 Å². The number of nitrogens with zero attached hydrogens (tertiary/aromatic N) is 1. The smallest absolute Gasteiger partial charge is 0.226 e. The van der Waals surface area contributed by atoms with Crippen LogP contribution in [0.5, 0.6) is 0 Å². The number of benzene rings is 1. The summed E-state index contributed by atoms with van der Waals surface area (Å²) < 4.78 is 6.46. The van der Waals surface area contributed by atoms with Crippen molar-refractivity contribution in [2.45, 2.75) is 13.5 Å². The van der Waals surface area contributed by atoms with E-state index >= 15 is 0 Å². The van der Waals surface area contributed by atoms with Crippen molar-refractivity contribution in [1.82, 2.24) is 10.3 Å². The molecule has 0 aliphatic rings. The van der Waals surface area contributed by atoms with Crippen LogP contribution in [0.15, 0.2) is 39.4 Å². The minimum atomic E-state index is 0.661. The average Bonchev–Trinajstić information content (AvgIpc) is 2.75. The van der Waals surface area contributed by atoms with E-state index in [-0.39, 0.29) is 0 Å². The van der Waals surface area contributed by atoms with Gasteiger partial charge in [-0.1, -0.05) is 28.9 Å². The minimum Gasteiger partial charge on any atom is -0.444 e. The Morgan fingerprint density at radius 3 is 3.06 bits per heavy atom. The fourth-order valence-electron chi connectivity index (χ4n) is 1.40. The number of aromatic nitrogens is 1. The molecule has 3 nitrogen and oxygen atoms in total. The molecular weight excluding hydrogens is 268 g/mol. The molecule has 1 N–H and O–H groups in total. The number of rotatable bonds is 4. The first-order chi connectivity index (χ1) is 7.79. The van der Waals surface area contributed by atoms with E-state index in [1.54, 1.807) is 6.26 Å². The predicted molar refractivity (Wildman–Crippen MR) is 67.0 cm³/mol. The first-order valence-electron chi connectivity index (χ1n) is 5.20. The molecule has 0 radical (unpaired) electrons. The van der Waals surface area contributed by atoms with E-state index in [4.69, 9.17) is 4.42 Å². The van der Waals surface area contributed by atoms with Gasteiger partial charge in [-0.25, -0.2) is 4.98 Å². The minimum absolute atomic E-state index is 0.661. The van der Waals surface area contributed by atoms with Crippen LogP contribution >= 0.6 is 15.9 Å². The molecule has 2 aromatic rings. The molecule has 0 bridgehead atoms. The second-order valence-corrected chi connectivity index (χ2v) is 4.35. The Balaban J connectivity index is 2.18. The third-order valence-corrected chi connectivity index (χ3v) is 2.67. The number of hydrogen-bond donors (Lipinski definition) is 1. The van der Waals surface area contributed by atoms with Crippen LogP contribution in [0.1, 0.15) is 12.6 Å². The fraction of sp³-hybridized carbons (Fsp3) is 0.250. The zero-order chi connectivity index (χ0) is 11.4. The van der Waals surface area contributed by atoms with E-state index in [0.29, 0.717) is 5.89 Å². The Morgan fingerprint density at radius 1 is 1.44 bits per heavy atom. The highest BCUT2D eigenvalue weighted by molar-refractivity contribution is 9.10. The molecule has 84 valence electrons. The summed E-state index contributed by atoms with van der Waals surface area (Å²) in [6.07, 6.45) is 1.69. The van der Waals surface area contributed by atoms with Gasteiger partial charge in [-0.2, -0.15) is 0 Å². The van der Waals surface area contributed by atoms with Crippen molar-refractivity contribution >= 4 is 15.9 Å². The lowest BCUT2D eigenvalue weighted by Crippen LogP contribution is -2.11. The third kappa shape index (κ3) is 2.71. The largest absolute Gasteiger partial charge is 0.444 e. The van der Waals surface area contributed by atoms with Gasteiger partial charge in [0.2, 0.25) is 5.89 Å². The summed E-state index contributed by atoms with van der Waals surface area (Å²) in [5.74, 6) is 0.661. The third-order valence-electron chi connectivity index (χ3n) is 2.18. The maximum Gasteiger partial charge on any atom is 0.226 e. The molecule has 1 heterocycles. The Bertz CT molecular complexity index is 468. The van der Waals surface area contributed by atoms with Gasteiger partial charge in [0.05, 0.1) is 5.69 Å². The summed E-state index contributed by atoms with van der Waals surface area (Å²) in [7, 11) is 0. The zero-order valence-corrected chi connectivity index (χ0v) is 10.6. The first kappa shape index (κ1) is 11.4. The lowest BCUT2D eigenvalue weighted by atomic mass is 10.2. The van der Waals surface area contributed by atoms with Gasteiger partial charge in [-0.05, 0) is 24.7 Å². The molecular formula is C12H13BrN2O. The molecule has 1 aromatic heterocycles. The Kier molecular flexibility index (Phi) is 3.74. The Labute approximate surface area is 103 Å². The van der Waals surface area contributed by atoms with Crippen LogP contribution in [0.3, 0.4) is 0 Å². The molecule has 0 saturated heterocycles. The maximum atomic E-state index is 5.43. The Morgan fingerprint density at radius 2 is 2.31 bits per heavy atom. The van der Waals surface area contributed by atoms with Crippen LogP contribution in [-0.4, -0.2) is 11.5 Å². The molecule has 1 aromatic carbocycles. The number of hydrogen-bond acceptors (Lipinski definition) is 3. The van der Waals surface area contributed by atoms with E-state index < -0.39 is 0 Å². The van der Waals surface area contributed by atoms with E-state index in [2.05, 4.69) is 33.2 Å². The molecule has 0 amide bonds. The molecule has 0 atom stereocenters. The number of oxazole rings is 1. The van der Waals surface area contributed by atoms with Crippen LogP contribution in [0.25, 0.3) is 11.5 Å². The summed E-state index contributed by atoms with van der Waals surface area (Å²) in [5.41, 5.74) is 1.91. The van der Waals surface area contributed by atoms with Gasteiger partial charge in [-0.3, -0.25) is 0 Å². The van der Waals surface area contributed by atoms with E-state index in [1.165, 1.54) is 0 Å². The maximum absolute atomic E-state index is 5.43. The van der Waals surface area contributed by atoms with Crippen molar-refractivity contribution in [3.05, 3.63) is 40.7 Å². The lowest BCUT2D eigenvalue weighted by Gasteiger charge is -1.96. The summed E-state index contributed by atoms with van der Waals surface area (Å²) in [6.45, 7) is 3.74. The molecule has 0 spiro atoms. The molecule has 16 heavy (non-hydrogen) atoms. The summed E-state index contributed by atoms with van der Waals surface area (Å²) in [5, 5.41) is 3.21. The average molecular weight is 281 g/mol. The van der Waals surface area contributed by atoms with Gasteiger partial charge in [0.25, 0.3) is 0 Å². The normalized spacial score (nSPS) is 10.6. The van der Waals surface area contributed by atoms with Crippen LogP contribution < -0.4 is 5.32 Å². The van der Waals surface area contributed by atoms with Crippen molar-refractivity contribution < 1.29 is 4.42 Å². The molecule has 0 aliphatic carbocycles. The van der Waals surface area contributed by atoms with E-state index in [1.807, 2.05) is 24.3 Å². The summed E-state index contributed by atoms with van der Waals surface area (Å²) in [6, 6.07) is 7.91. The van der Waals surface area contributed by atoms with E-state index in [0.717, 1.165) is 28.8 Å². The SMILES string of the molecule is CCNCc1coc(-c2cccc(Br)c2)n1. The van der Waals surface area contributed by atoms with Crippen LogP contribution in [0, 0.1) is 0 Å². The fourth-order valence-corrected chi connectivity index (χ4v) is 1.79. The highest BCUT2D eigenvalue weighted by Crippen LogP contribution is 2.22. The van der Waals surface area contributed by atoms with Gasteiger partial charge < -0.3 is 9.73 Å². The highest BCUT2D eigenvalue weighted by atomic mass is 79.9. The van der Waals surface area contributed by atoms with Gasteiger partial charge in [-0.15, -0.1) is 0 Å². The number of nitrogens with one attached hydrogen (secondary N) is 1. The second-order valence-electron chi connectivity index (χ2n) is 3.43. The van der Waals surface area contributed by atoms with Gasteiger partial charge >= 0.3 is 0 Å². The summed E-state index contributed by atoms with van der Waals surface area (Å²) >= 11 is 3.43. The van der Waals surface area contributed by atoms with Crippen molar-refractivity contribution in [3.8, 4) is 11.5 Å². The van der Waals surface area contributed by atoms with Crippen LogP contribution in [-0.2, 0) is 6.54 Å². The molecule has 0 unspecified atom stereocenters. The molecule has 0 fully saturated rings. The van der Waals surface area contributed by atoms with Gasteiger partial charge in [0.1, 0.15) is 6.26 Å². The first-order valence-corrected chi connectivity index (χ1v) is 6.00. The molecule has 0 aliphatic heterocycles. The zero-order valence-electron chi connectivity index (χ0n) is 9.03. The van der Waals surface area contributed by atoms with Crippen LogP contribution in [0.4, 0.5) is 0 Å². The Hall–Kier alpha value is -1.13. The van der Waals surface area contributed by atoms with Crippen molar-refractivity contribution in [1.29, 1.82) is 0 Å². The molecule has 2 rings (SSSR count). The lowest BCUT2D eigenvalue weighted by molar-refractivity contribution is 0.570. The van der Waals surface area contributed by atoms with Crippen molar-refractivity contribution in [3.63, 3.8) is 0 Å². The topological polar surface area (TPSA) is 38.1 Å². The monoisotopic (exact) mass is 280 g/mol. The molecule has 4 heteroatoms. The van der Waals surface area contributed by atoms with E-state index in [9.17, 15) is 0 Å². The predicted octanol–water partition coefficient (Wildman–Crippen LogP) is 3.21. The van der Waals surface area contributed by atoms with Crippen LogP contribution in [0.2, 0.25) is 0 Å². The standard InChI is InChI=1S/C12H13BrN2O/c1-2-14-7-11-8-16-12(15-11)9-4-3-5-10(13)6-9/h3-6,8,14H,2,7H2,1H3. The van der Waals surface area contributed by atoms with Crippen molar-refractivity contribution in [2.24, 2.45) is 0 Å². The van der Waals surface area contributed by atoms with Gasteiger partial charge in [0, 0.05) is 16.6 Å². The second kappa shape index (κ2) is 5.27. The van der Waals surface area contributed by atoms with Crippen molar-refractivity contribution in [2.75, 3.05) is 6.54 Å². The number of halogens is 1.